The number of hydrogen-bond acceptors (Lipinski definition) is 6. The summed E-state index contributed by atoms with van der Waals surface area (Å²) in [5.74, 6) is -0.624. The molecule has 0 aromatic carbocycles. The van der Waals surface area contributed by atoms with Crippen LogP contribution in [0.4, 0.5) is 14.7 Å². The first-order chi connectivity index (χ1) is 11.7. The second-order valence-electron chi connectivity index (χ2n) is 5.85. The molecule has 0 spiro atoms. The standard InChI is InChI=1S/C16H16F2N4O2/c17-10-7-20-16(21-8-10)22-9-13(14-12(22)4-2-6-23-14)24-15-11(18)3-1-5-19-15/h1,3,5,7-8,12-14H,2,4,6,9H2/t12-,13-,14+/m0/s1. The third-order valence-corrected chi connectivity index (χ3v) is 4.33. The van der Waals surface area contributed by atoms with Crippen molar-refractivity contribution < 1.29 is 18.3 Å². The lowest BCUT2D eigenvalue weighted by Crippen LogP contribution is -2.43. The summed E-state index contributed by atoms with van der Waals surface area (Å²) < 4.78 is 38.5. The van der Waals surface area contributed by atoms with E-state index in [0.29, 0.717) is 19.1 Å². The van der Waals surface area contributed by atoms with E-state index < -0.39 is 17.7 Å². The molecular weight excluding hydrogens is 318 g/mol. The molecule has 0 unspecified atom stereocenters. The van der Waals surface area contributed by atoms with Crippen molar-refractivity contribution in [2.75, 3.05) is 18.1 Å². The molecular formula is C16H16F2N4O2. The first kappa shape index (κ1) is 15.2. The molecule has 24 heavy (non-hydrogen) atoms. The van der Waals surface area contributed by atoms with Crippen LogP contribution in [0, 0.1) is 11.6 Å². The van der Waals surface area contributed by atoms with E-state index in [0.717, 1.165) is 25.2 Å². The topological polar surface area (TPSA) is 60.4 Å². The molecule has 2 aromatic heterocycles. The molecule has 0 saturated carbocycles. The molecule has 3 atom stereocenters. The molecule has 0 bridgehead atoms. The summed E-state index contributed by atoms with van der Waals surface area (Å²) in [6.07, 6.45) is 4.91. The Morgan fingerprint density at radius 3 is 2.83 bits per heavy atom. The number of aromatic nitrogens is 3. The summed E-state index contributed by atoms with van der Waals surface area (Å²) in [6.45, 7) is 1.06. The van der Waals surface area contributed by atoms with Crippen LogP contribution in [0.3, 0.4) is 0 Å². The quantitative estimate of drug-likeness (QED) is 0.855. The zero-order chi connectivity index (χ0) is 16.5. The van der Waals surface area contributed by atoms with E-state index >= 15 is 0 Å². The minimum atomic E-state index is -0.513. The van der Waals surface area contributed by atoms with Crippen molar-refractivity contribution in [3.05, 3.63) is 42.4 Å². The van der Waals surface area contributed by atoms with E-state index in [2.05, 4.69) is 15.0 Å². The van der Waals surface area contributed by atoms with Gasteiger partial charge in [-0.3, -0.25) is 0 Å². The zero-order valence-electron chi connectivity index (χ0n) is 12.8. The number of halogens is 2. The highest BCUT2D eigenvalue weighted by molar-refractivity contribution is 5.36. The van der Waals surface area contributed by atoms with Gasteiger partial charge in [-0.05, 0) is 25.0 Å². The monoisotopic (exact) mass is 334 g/mol. The highest BCUT2D eigenvalue weighted by atomic mass is 19.1. The predicted octanol–water partition coefficient (Wildman–Crippen LogP) is 1.97. The third-order valence-electron chi connectivity index (χ3n) is 4.33. The molecule has 6 nitrogen and oxygen atoms in total. The molecule has 4 heterocycles. The van der Waals surface area contributed by atoms with Crippen LogP contribution in [0.2, 0.25) is 0 Å². The Hall–Kier alpha value is -2.35. The van der Waals surface area contributed by atoms with Gasteiger partial charge in [-0.1, -0.05) is 0 Å². The number of ether oxygens (including phenoxy) is 2. The predicted molar refractivity (Wildman–Crippen MR) is 80.7 cm³/mol. The molecule has 0 N–H and O–H groups in total. The van der Waals surface area contributed by atoms with Gasteiger partial charge in [-0.15, -0.1) is 0 Å². The van der Waals surface area contributed by atoms with Gasteiger partial charge < -0.3 is 14.4 Å². The average Bonchev–Trinajstić information content (AvgIpc) is 2.97. The van der Waals surface area contributed by atoms with Gasteiger partial charge in [0.05, 0.1) is 25.0 Å². The van der Waals surface area contributed by atoms with Crippen LogP contribution in [-0.4, -0.2) is 46.4 Å². The van der Waals surface area contributed by atoms with Crippen molar-refractivity contribution in [1.82, 2.24) is 15.0 Å². The molecule has 2 aromatic rings. The van der Waals surface area contributed by atoms with Gasteiger partial charge in [0.15, 0.2) is 11.6 Å². The number of fused-ring (bicyclic) bond motifs is 1. The Morgan fingerprint density at radius 2 is 2.04 bits per heavy atom. The van der Waals surface area contributed by atoms with Gasteiger partial charge >= 0.3 is 0 Å². The van der Waals surface area contributed by atoms with Crippen molar-refractivity contribution in [2.24, 2.45) is 0 Å². The van der Waals surface area contributed by atoms with Crippen LogP contribution >= 0.6 is 0 Å². The molecule has 2 aliphatic rings. The summed E-state index contributed by atoms with van der Waals surface area (Å²) in [4.78, 5) is 14.0. The van der Waals surface area contributed by atoms with Crippen LogP contribution in [0.15, 0.2) is 30.7 Å². The van der Waals surface area contributed by atoms with E-state index in [1.54, 1.807) is 0 Å². The highest BCUT2D eigenvalue weighted by Gasteiger charge is 2.46. The minimum Gasteiger partial charge on any atom is -0.468 e. The second-order valence-corrected chi connectivity index (χ2v) is 5.85. The van der Waals surface area contributed by atoms with Crippen molar-refractivity contribution >= 4 is 5.95 Å². The number of hydrogen-bond donors (Lipinski definition) is 0. The van der Waals surface area contributed by atoms with Crippen molar-refractivity contribution in [1.29, 1.82) is 0 Å². The molecule has 2 fully saturated rings. The largest absolute Gasteiger partial charge is 0.468 e. The summed E-state index contributed by atoms with van der Waals surface area (Å²) >= 11 is 0. The summed E-state index contributed by atoms with van der Waals surface area (Å²) in [5.41, 5.74) is 0. The number of pyridine rings is 1. The Bertz CT molecular complexity index is 715. The number of nitrogens with zero attached hydrogens (tertiary/aromatic N) is 4. The normalized spacial score (nSPS) is 26.2. The maximum Gasteiger partial charge on any atom is 0.250 e. The van der Waals surface area contributed by atoms with Gasteiger partial charge in [0.25, 0.3) is 5.88 Å². The molecule has 0 amide bonds. The first-order valence-electron chi connectivity index (χ1n) is 7.85. The Labute approximate surface area is 137 Å². The van der Waals surface area contributed by atoms with Crippen LogP contribution in [0.5, 0.6) is 5.88 Å². The second kappa shape index (κ2) is 6.27. The average molecular weight is 334 g/mol. The van der Waals surface area contributed by atoms with E-state index in [9.17, 15) is 8.78 Å². The molecule has 0 radical (unpaired) electrons. The SMILES string of the molecule is Fc1cnc(N2C[C@H](Oc3ncccc3F)[C@@H]3OCCC[C@@H]32)nc1. The maximum atomic E-state index is 13.8. The van der Waals surface area contributed by atoms with Gasteiger partial charge in [0, 0.05) is 12.8 Å². The maximum absolute atomic E-state index is 13.8. The lowest BCUT2D eigenvalue weighted by atomic mass is 10.0. The van der Waals surface area contributed by atoms with Crippen LogP contribution in [0.25, 0.3) is 0 Å². The summed E-state index contributed by atoms with van der Waals surface area (Å²) in [7, 11) is 0. The fourth-order valence-electron chi connectivity index (χ4n) is 3.30. The lowest BCUT2D eigenvalue weighted by molar-refractivity contribution is -0.0382. The fraction of sp³-hybridized carbons (Fsp3) is 0.438. The highest BCUT2D eigenvalue weighted by Crippen LogP contribution is 2.33. The van der Waals surface area contributed by atoms with E-state index in [4.69, 9.17) is 9.47 Å². The number of rotatable bonds is 3. The van der Waals surface area contributed by atoms with E-state index in [-0.39, 0.29) is 18.0 Å². The summed E-state index contributed by atoms with van der Waals surface area (Å²) in [6, 6.07) is 2.83. The van der Waals surface area contributed by atoms with E-state index in [1.807, 2.05) is 4.90 Å². The Balaban J connectivity index is 1.59. The van der Waals surface area contributed by atoms with Gasteiger partial charge in [-0.2, -0.15) is 0 Å². The fourth-order valence-corrected chi connectivity index (χ4v) is 3.30. The Morgan fingerprint density at radius 1 is 1.21 bits per heavy atom. The lowest BCUT2D eigenvalue weighted by Gasteiger charge is -2.31. The third kappa shape index (κ3) is 2.77. The molecule has 2 saturated heterocycles. The first-order valence-corrected chi connectivity index (χ1v) is 7.85. The molecule has 0 aliphatic carbocycles. The van der Waals surface area contributed by atoms with Crippen molar-refractivity contribution in [2.45, 2.75) is 31.1 Å². The van der Waals surface area contributed by atoms with Crippen LogP contribution in [-0.2, 0) is 4.74 Å². The molecule has 8 heteroatoms. The van der Waals surface area contributed by atoms with Crippen molar-refractivity contribution in [3.8, 4) is 5.88 Å². The van der Waals surface area contributed by atoms with Crippen LogP contribution < -0.4 is 9.64 Å². The molecule has 4 rings (SSSR count). The minimum absolute atomic E-state index is 0.0148. The van der Waals surface area contributed by atoms with Crippen LogP contribution in [0.1, 0.15) is 12.8 Å². The van der Waals surface area contributed by atoms with E-state index in [1.165, 1.54) is 18.3 Å². The summed E-state index contributed by atoms with van der Waals surface area (Å²) in [5, 5.41) is 0. The van der Waals surface area contributed by atoms with Gasteiger partial charge in [0.1, 0.15) is 12.2 Å². The smallest absolute Gasteiger partial charge is 0.250 e. The van der Waals surface area contributed by atoms with Gasteiger partial charge in [0.2, 0.25) is 5.95 Å². The Kier molecular flexibility index (Phi) is 3.97. The van der Waals surface area contributed by atoms with Gasteiger partial charge in [-0.25, -0.2) is 23.7 Å². The molecule has 2 aliphatic heterocycles. The molecule has 126 valence electrons. The van der Waals surface area contributed by atoms with Crippen molar-refractivity contribution in [3.63, 3.8) is 0 Å². The zero-order valence-corrected chi connectivity index (χ0v) is 12.8. The number of anilines is 1.